The van der Waals surface area contributed by atoms with Crippen LogP contribution in [0.2, 0.25) is 0 Å². The predicted molar refractivity (Wildman–Crippen MR) is 161 cm³/mol. The van der Waals surface area contributed by atoms with E-state index >= 15 is 0 Å². The second-order valence-corrected chi connectivity index (χ2v) is 11.5. The number of rotatable bonds is 12. The summed E-state index contributed by atoms with van der Waals surface area (Å²) < 4.78 is 38.9. The van der Waals surface area contributed by atoms with E-state index < -0.39 is 53.2 Å². The van der Waals surface area contributed by atoms with Crippen molar-refractivity contribution in [3.05, 3.63) is 59.4 Å². The lowest BCUT2D eigenvalue weighted by molar-refractivity contribution is -0.140. The minimum Gasteiger partial charge on any atom is -0.494 e. The molecule has 0 aromatic heterocycles. The number of benzene rings is 2. The summed E-state index contributed by atoms with van der Waals surface area (Å²) in [6.07, 6.45) is -0.920. The lowest BCUT2D eigenvalue weighted by Crippen LogP contribution is -2.38. The summed E-state index contributed by atoms with van der Waals surface area (Å²) in [4.78, 5) is 46.1. The summed E-state index contributed by atoms with van der Waals surface area (Å²) >= 11 is 0. The standard InChI is InChI=1S/C17H25NO6.C14H18FNO5/c1-17(2,3)24-16(21)18-14(15(19)20)12-6-8-13(9-7-12)23-11-5-10-22-4;1-14(2,3)21-13(19)16-11(12(17)18)8-5-6-10(20-4)9(15)7-8/h6-9,14H,5,10-11H2,1-4H3,(H,18,21)(H,19,20);5-7,11H,1-4H3,(H,16,19)(H,17,18)/t14-;11-/m11/s1. The fourth-order valence-corrected chi connectivity index (χ4v) is 3.44. The summed E-state index contributed by atoms with van der Waals surface area (Å²) in [5, 5.41) is 23.0. The highest BCUT2D eigenvalue weighted by Crippen LogP contribution is 2.23. The van der Waals surface area contributed by atoms with Gasteiger partial charge in [-0.3, -0.25) is 0 Å². The molecule has 4 N–H and O–H groups in total. The molecule has 45 heavy (non-hydrogen) atoms. The van der Waals surface area contributed by atoms with Crippen molar-refractivity contribution in [2.24, 2.45) is 0 Å². The van der Waals surface area contributed by atoms with Crippen LogP contribution < -0.4 is 20.1 Å². The average molecular weight is 639 g/mol. The maximum Gasteiger partial charge on any atom is 0.408 e. The number of nitrogens with one attached hydrogen (secondary N) is 2. The largest absolute Gasteiger partial charge is 0.494 e. The van der Waals surface area contributed by atoms with Gasteiger partial charge in [0.15, 0.2) is 23.7 Å². The number of amides is 2. The first-order chi connectivity index (χ1) is 20.9. The number of hydrogen-bond donors (Lipinski definition) is 4. The normalized spacial score (nSPS) is 12.4. The van der Waals surface area contributed by atoms with E-state index in [4.69, 9.17) is 28.8 Å². The van der Waals surface area contributed by atoms with Crippen LogP contribution in [-0.4, -0.2) is 73.0 Å². The van der Waals surface area contributed by atoms with Crippen molar-refractivity contribution in [3.8, 4) is 11.5 Å². The number of carboxylic acids is 2. The van der Waals surface area contributed by atoms with Gasteiger partial charge in [0.25, 0.3) is 0 Å². The molecule has 2 amide bonds. The zero-order valence-corrected chi connectivity index (χ0v) is 26.8. The van der Waals surface area contributed by atoms with Crippen molar-refractivity contribution < 1.29 is 57.5 Å². The van der Waals surface area contributed by atoms with E-state index in [0.717, 1.165) is 12.5 Å². The highest BCUT2D eigenvalue weighted by molar-refractivity contribution is 5.82. The Hall–Kier alpha value is -4.59. The summed E-state index contributed by atoms with van der Waals surface area (Å²) in [6, 6.07) is 7.56. The Bertz CT molecular complexity index is 1270. The first-order valence-electron chi connectivity index (χ1n) is 13.9. The van der Waals surface area contributed by atoms with Crippen LogP contribution in [0.4, 0.5) is 14.0 Å². The number of carbonyl (C=O) groups excluding carboxylic acids is 2. The van der Waals surface area contributed by atoms with Gasteiger partial charge in [-0.25, -0.2) is 23.6 Å². The summed E-state index contributed by atoms with van der Waals surface area (Å²) in [5.74, 6) is -2.61. The van der Waals surface area contributed by atoms with Gasteiger partial charge in [0, 0.05) is 20.1 Å². The van der Waals surface area contributed by atoms with Gasteiger partial charge in [-0.15, -0.1) is 0 Å². The van der Waals surface area contributed by atoms with Gasteiger partial charge in [-0.05, 0) is 76.9 Å². The molecule has 14 heteroatoms. The molecule has 0 aliphatic rings. The van der Waals surface area contributed by atoms with Crippen molar-refractivity contribution >= 4 is 24.1 Å². The number of carboxylic acid groups (broad SMARTS) is 2. The molecule has 0 spiro atoms. The van der Waals surface area contributed by atoms with Gasteiger partial charge in [0.2, 0.25) is 0 Å². The SMILES string of the molecule is COCCCOc1ccc([C@@H](NC(=O)OC(C)(C)C)C(=O)O)cc1.COc1ccc([C@@H](NC(=O)OC(C)(C)C)C(=O)O)cc1F. The van der Waals surface area contributed by atoms with Gasteiger partial charge in [-0.1, -0.05) is 18.2 Å². The molecule has 0 aliphatic carbocycles. The van der Waals surface area contributed by atoms with Crippen LogP contribution in [0.3, 0.4) is 0 Å². The van der Waals surface area contributed by atoms with Gasteiger partial charge >= 0.3 is 24.1 Å². The van der Waals surface area contributed by atoms with E-state index in [1.807, 2.05) is 0 Å². The Morgan fingerprint density at radius 2 is 1.22 bits per heavy atom. The minimum atomic E-state index is -1.42. The molecule has 2 rings (SSSR count). The van der Waals surface area contributed by atoms with E-state index in [-0.39, 0.29) is 11.3 Å². The number of methoxy groups -OCH3 is 2. The smallest absolute Gasteiger partial charge is 0.408 e. The van der Waals surface area contributed by atoms with E-state index in [9.17, 15) is 28.7 Å². The highest BCUT2D eigenvalue weighted by atomic mass is 19.1. The molecule has 0 fully saturated rings. The maximum atomic E-state index is 13.6. The molecule has 13 nitrogen and oxygen atoms in total. The topological polar surface area (TPSA) is 179 Å². The molecule has 0 unspecified atom stereocenters. The third-order valence-electron chi connectivity index (χ3n) is 5.30. The molecular weight excluding hydrogens is 595 g/mol. The molecule has 0 saturated carbocycles. The second kappa shape index (κ2) is 17.6. The lowest BCUT2D eigenvalue weighted by Gasteiger charge is -2.22. The molecule has 2 aromatic rings. The summed E-state index contributed by atoms with van der Waals surface area (Å²) in [7, 11) is 2.92. The summed E-state index contributed by atoms with van der Waals surface area (Å²) in [6.45, 7) is 11.2. The molecule has 2 aromatic carbocycles. The lowest BCUT2D eigenvalue weighted by atomic mass is 10.1. The first kappa shape index (κ1) is 38.4. The maximum absolute atomic E-state index is 13.6. The molecule has 0 aliphatic heterocycles. The van der Waals surface area contributed by atoms with Crippen molar-refractivity contribution in [1.82, 2.24) is 10.6 Å². The number of aliphatic carboxylic acids is 2. The Morgan fingerprint density at radius 3 is 1.62 bits per heavy atom. The first-order valence-corrected chi connectivity index (χ1v) is 13.9. The molecule has 0 radical (unpaired) electrons. The molecule has 0 bridgehead atoms. The van der Waals surface area contributed by atoms with Gasteiger partial charge in [0.1, 0.15) is 17.0 Å². The van der Waals surface area contributed by atoms with Crippen LogP contribution >= 0.6 is 0 Å². The minimum absolute atomic E-state index is 0.0137. The molecule has 2 atom stereocenters. The molecular formula is C31H43FN2O11. The number of halogens is 1. The average Bonchev–Trinajstić information content (AvgIpc) is 2.91. The predicted octanol–water partition coefficient (Wildman–Crippen LogP) is 5.24. The van der Waals surface area contributed by atoms with Crippen LogP contribution in [0.1, 0.15) is 71.2 Å². The van der Waals surface area contributed by atoms with Crippen LogP contribution in [-0.2, 0) is 23.8 Å². The Balaban J connectivity index is 0.000000454. The molecule has 0 heterocycles. The molecule has 250 valence electrons. The zero-order valence-electron chi connectivity index (χ0n) is 26.8. The van der Waals surface area contributed by atoms with E-state index in [0.29, 0.717) is 24.5 Å². The van der Waals surface area contributed by atoms with E-state index in [1.165, 1.54) is 19.2 Å². The van der Waals surface area contributed by atoms with Crippen molar-refractivity contribution in [3.63, 3.8) is 0 Å². The Morgan fingerprint density at radius 1 is 0.756 bits per heavy atom. The quantitative estimate of drug-likeness (QED) is 0.224. The van der Waals surface area contributed by atoms with Crippen molar-refractivity contribution in [2.45, 2.75) is 71.2 Å². The van der Waals surface area contributed by atoms with Gasteiger partial charge in [-0.2, -0.15) is 0 Å². The van der Waals surface area contributed by atoms with Crippen LogP contribution in [0.15, 0.2) is 42.5 Å². The van der Waals surface area contributed by atoms with E-state index in [1.54, 1.807) is 72.9 Å². The number of hydrogen-bond acceptors (Lipinski definition) is 9. The Kier molecular flexibility index (Phi) is 15.1. The van der Waals surface area contributed by atoms with Crippen molar-refractivity contribution in [1.29, 1.82) is 0 Å². The highest BCUT2D eigenvalue weighted by Gasteiger charge is 2.27. The monoisotopic (exact) mass is 638 g/mol. The van der Waals surface area contributed by atoms with Crippen LogP contribution in [0, 0.1) is 5.82 Å². The number of carbonyl (C=O) groups is 4. The second-order valence-electron chi connectivity index (χ2n) is 11.5. The number of ether oxygens (including phenoxy) is 5. The number of alkyl carbamates (subject to hydrolysis) is 2. The van der Waals surface area contributed by atoms with Gasteiger partial charge < -0.3 is 44.5 Å². The third-order valence-corrected chi connectivity index (χ3v) is 5.30. The van der Waals surface area contributed by atoms with Crippen LogP contribution in [0.25, 0.3) is 0 Å². The third kappa shape index (κ3) is 15.1. The fourth-order valence-electron chi connectivity index (χ4n) is 3.44. The van der Waals surface area contributed by atoms with Gasteiger partial charge in [0.05, 0.1) is 13.7 Å². The molecule has 0 saturated heterocycles. The zero-order chi connectivity index (χ0) is 34.4. The Labute approximate surface area is 261 Å². The van der Waals surface area contributed by atoms with Crippen molar-refractivity contribution in [2.75, 3.05) is 27.4 Å². The van der Waals surface area contributed by atoms with Crippen LogP contribution in [0.5, 0.6) is 11.5 Å². The van der Waals surface area contributed by atoms with E-state index in [2.05, 4.69) is 10.6 Å². The summed E-state index contributed by atoms with van der Waals surface area (Å²) in [5.41, 5.74) is -0.963. The fraction of sp³-hybridized carbons (Fsp3) is 0.484.